The predicted octanol–water partition coefficient (Wildman–Crippen LogP) is 2.46. The first-order valence-corrected chi connectivity index (χ1v) is 6.91. The van der Waals surface area contributed by atoms with Crippen LogP contribution in [0.3, 0.4) is 0 Å². The molecule has 0 spiro atoms. The van der Waals surface area contributed by atoms with Crippen LogP contribution in [0.5, 0.6) is 0 Å². The number of nitrogens with one attached hydrogen (secondary N) is 2. The summed E-state index contributed by atoms with van der Waals surface area (Å²) in [6.45, 7) is 9.41. The number of hydrogen-bond donors (Lipinski definition) is 2. The van der Waals surface area contributed by atoms with Crippen LogP contribution in [0.25, 0.3) is 0 Å². The monoisotopic (exact) mass is 240 g/mol. The van der Waals surface area contributed by atoms with Gasteiger partial charge in [0, 0.05) is 24.5 Å². The molecule has 0 unspecified atom stereocenters. The van der Waals surface area contributed by atoms with Crippen molar-refractivity contribution in [2.45, 2.75) is 71.4 Å². The van der Waals surface area contributed by atoms with Gasteiger partial charge in [-0.25, -0.2) is 0 Å². The SMILES string of the molecule is CC1CCC(NC(=O)CCNC(C)(C)C)CC1. The quantitative estimate of drug-likeness (QED) is 0.792. The van der Waals surface area contributed by atoms with Gasteiger partial charge in [0.05, 0.1) is 0 Å². The number of carbonyl (C=O) groups is 1. The van der Waals surface area contributed by atoms with Gasteiger partial charge in [0.1, 0.15) is 0 Å². The molecular weight excluding hydrogens is 212 g/mol. The fourth-order valence-corrected chi connectivity index (χ4v) is 2.26. The summed E-state index contributed by atoms with van der Waals surface area (Å²) in [4.78, 5) is 11.7. The van der Waals surface area contributed by atoms with E-state index in [1.165, 1.54) is 12.8 Å². The first kappa shape index (κ1) is 14.5. The van der Waals surface area contributed by atoms with Crippen LogP contribution in [0.4, 0.5) is 0 Å². The Morgan fingerprint density at radius 3 is 2.29 bits per heavy atom. The molecule has 0 heterocycles. The zero-order chi connectivity index (χ0) is 12.9. The lowest BCUT2D eigenvalue weighted by atomic mass is 9.87. The van der Waals surface area contributed by atoms with Crippen LogP contribution in [0.1, 0.15) is 59.8 Å². The molecule has 1 fully saturated rings. The summed E-state index contributed by atoms with van der Waals surface area (Å²) in [5.41, 5.74) is 0.0978. The molecule has 1 rings (SSSR count). The van der Waals surface area contributed by atoms with Crippen molar-refractivity contribution in [1.29, 1.82) is 0 Å². The Morgan fingerprint density at radius 1 is 1.18 bits per heavy atom. The zero-order valence-electron chi connectivity index (χ0n) is 11.8. The maximum Gasteiger partial charge on any atom is 0.221 e. The fraction of sp³-hybridized carbons (Fsp3) is 0.929. The minimum atomic E-state index is 0.0978. The molecule has 1 aliphatic rings. The molecular formula is C14H28N2O. The summed E-state index contributed by atoms with van der Waals surface area (Å²) < 4.78 is 0. The molecule has 0 aromatic heterocycles. The van der Waals surface area contributed by atoms with Gasteiger partial charge in [0.15, 0.2) is 0 Å². The molecule has 1 amide bonds. The second kappa shape index (κ2) is 6.39. The van der Waals surface area contributed by atoms with Gasteiger partial charge in [-0.2, -0.15) is 0 Å². The van der Waals surface area contributed by atoms with Crippen molar-refractivity contribution in [1.82, 2.24) is 10.6 Å². The maximum atomic E-state index is 11.7. The Hall–Kier alpha value is -0.570. The van der Waals surface area contributed by atoms with E-state index in [1.54, 1.807) is 0 Å². The summed E-state index contributed by atoms with van der Waals surface area (Å²) in [7, 11) is 0. The lowest BCUT2D eigenvalue weighted by Crippen LogP contribution is -2.41. The average molecular weight is 240 g/mol. The highest BCUT2D eigenvalue weighted by Crippen LogP contribution is 2.23. The second-order valence-electron chi connectivity index (χ2n) is 6.45. The third kappa shape index (κ3) is 6.67. The normalized spacial score (nSPS) is 25.6. The van der Waals surface area contributed by atoms with Crippen LogP contribution in [0.15, 0.2) is 0 Å². The largest absolute Gasteiger partial charge is 0.353 e. The third-order valence-electron chi connectivity index (χ3n) is 3.39. The number of amides is 1. The van der Waals surface area contributed by atoms with Crippen LogP contribution in [0, 0.1) is 5.92 Å². The number of rotatable bonds is 4. The number of hydrogen-bond acceptors (Lipinski definition) is 2. The molecule has 0 aliphatic heterocycles. The molecule has 1 aliphatic carbocycles. The first-order valence-electron chi connectivity index (χ1n) is 6.91. The average Bonchev–Trinajstić information content (AvgIpc) is 2.19. The van der Waals surface area contributed by atoms with Gasteiger partial charge in [-0.15, -0.1) is 0 Å². The van der Waals surface area contributed by atoms with E-state index in [9.17, 15) is 4.79 Å². The summed E-state index contributed by atoms with van der Waals surface area (Å²) in [5.74, 6) is 1.03. The predicted molar refractivity (Wildman–Crippen MR) is 71.9 cm³/mol. The van der Waals surface area contributed by atoms with Crippen LogP contribution in [-0.4, -0.2) is 24.0 Å². The van der Waals surface area contributed by atoms with E-state index in [0.29, 0.717) is 12.5 Å². The minimum Gasteiger partial charge on any atom is -0.353 e. The standard InChI is InChI=1S/C14H28N2O/c1-11-5-7-12(8-6-11)16-13(17)9-10-15-14(2,3)4/h11-12,15H,5-10H2,1-4H3,(H,16,17). The van der Waals surface area contributed by atoms with Crippen molar-refractivity contribution in [3.63, 3.8) is 0 Å². The highest BCUT2D eigenvalue weighted by atomic mass is 16.1. The van der Waals surface area contributed by atoms with E-state index in [1.807, 2.05) is 0 Å². The van der Waals surface area contributed by atoms with E-state index in [0.717, 1.165) is 25.3 Å². The van der Waals surface area contributed by atoms with Crippen LogP contribution in [0.2, 0.25) is 0 Å². The highest BCUT2D eigenvalue weighted by molar-refractivity contribution is 5.76. The summed E-state index contributed by atoms with van der Waals surface area (Å²) in [5, 5.41) is 6.48. The first-order chi connectivity index (χ1) is 7.87. The Labute approximate surface area is 106 Å². The van der Waals surface area contributed by atoms with E-state index >= 15 is 0 Å². The van der Waals surface area contributed by atoms with Gasteiger partial charge >= 0.3 is 0 Å². The van der Waals surface area contributed by atoms with Crippen LogP contribution >= 0.6 is 0 Å². The smallest absolute Gasteiger partial charge is 0.221 e. The highest BCUT2D eigenvalue weighted by Gasteiger charge is 2.19. The topological polar surface area (TPSA) is 41.1 Å². The van der Waals surface area contributed by atoms with Gasteiger partial charge in [-0.1, -0.05) is 6.92 Å². The van der Waals surface area contributed by atoms with Gasteiger partial charge < -0.3 is 10.6 Å². The van der Waals surface area contributed by atoms with Crippen LogP contribution in [-0.2, 0) is 4.79 Å². The summed E-state index contributed by atoms with van der Waals surface area (Å²) in [6, 6.07) is 0.424. The Balaban J connectivity index is 2.13. The van der Waals surface area contributed by atoms with Gasteiger partial charge in [-0.05, 0) is 52.4 Å². The molecule has 3 heteroatoms. The second-order valence-corrected chi connectivity index (χ2v) is 6.45. The Bertz CT molecular complexity index is 237. The van der Waals surface area contributed by atoms with E-state index in [-0.39, 0.29) is 11.4 Å². The van der Waals surface area contributed by atoms with Crippen molar-refractivity contribution < 1.29 is 4.79 Å². The minimum absolute atomic E-state index is 0.0978. The lowest BCUT2D eigenvalue weighted by molar-refractivity contribution is -0.122. The van der Waals surface area contributed by atoms with Gasteiger partial charge in [-0.3, -0.25) is 4.79 Å². The Kier molecular flexibility index (Phi) is 5.44. The van der Waals surface area contributed by atoms with E-state index < -0.39 is 0 Å². The maximum absolute atomic E-state index is 11.7. The van der Waals surface area contributed by atoms with Crippen molar-refractivity contribution in [2.24, 2.45) is 5.92 Å². The molecule has 0 aromatic rings. The Morgan fingerprint density at radius 2 is 1.76 bits per heavy atom. The molecule has 0 saturated heterocycles. The van der Waals surface area contributed by atoms with E-state index in [4.69, 9.17) is 0 Å². The van der Waals surface area contributed by atoms with Crippen LogP contribution < -0.4 is 10.6 Å². The lowest BCUT2D eigenvalue weighted by Gasteiger charge is -2.27. The molecule has 0 atom stereocenters. The molecule has 1 saturated carbocycles. The van der Waals surface area contributed by atoms with E-state index in [2.05, 4.69) is 38.3 Å². The molecule has 3 nitrogen and oxygen atoms in total. The van der Waals surface area contributed by atoms with Crippen molar-refractivity contribution in [3.05, 3.63) is 0 Å². The van der Waals surface area contributed by atoms with Crippen molar-refractivity contribution in [2.75, 3.05) is 6.54 Å². The van der Waals surface area contributed by atoms with Gasteiger partial charge in [0.2, 0.25) is 5.91 Å². The molecule has 2 N–H and O–H groups in total. The number of carbonyl (C=O) groups excluding carboxylic acids is 1. The van der Waals surface area contributed by atoms with Gasteiger partial charge in [0.25, 0.3) is 0 Å². The molecule has 0 radical (unpaired) electrons. The molecule has 0 bridgehead atoms. The van der Waals surface area contributed by atoms with Crippen molar-refractivity contribution in [3.8, 4) is 0 Å². The molecule has 100 valence electrons. The summed E-state index contributed by atoms with van der Waals surface area (Å²) >= 11 is 0. The third-order valence-corrected chi connectivity index (χ3v) is 3.39. The fourth-order valence-electron chi connectivity index (χ4n) is 2.26. The van der Waals surface area contributed by atoms with Crippen molar-refractivity contribution >= 4 is 5.91 Å². The summed E-state index contributed by atoms with van der Waals surface area (Å²) in [6.07, 6.45) is 5.40. The molecule has 0 aromatic carbocycles. The molecule has 17 heavy (non-hydrogen) atoms. The zero-order valence-corrected chi connectivity index (χ0v) is 11.8.